The Hall–Kier alpha value is -2.55. The topological polar surface area (TPSA) is 70.4 Å². The van der Waals surface area contributed by atoms with Crippen molar-refractivity contribution in [2.24, 2.45) is 5.41 Å². The highest BCUT2D eigenvalue weighted by Crippen LogP contribution is 2.53. The average molecular weight is 499 g/mol. The molecule has 2 aliphatic heterocycles. The van der Waals surface area contributed by atoms with Gasteiger partial charge in [-0.3, -0.25) is 9.59 Å². The van der Waals surface area contributed by atoms with Crippen LogP contribution < -0.4 is 0 Å². The highest BCUT2D eigenvalue weighted by atomic mass is 35.5. The number of ether oxygens (including phenoxy) is 1. The summed E-state index contributed by atoms with van der Waals surface area (Å²) in [6, 6.07) is 17.0. The molecule has 0 radical (unpaired) electrons. The first kappa shape index (κ1) is 24.6. The van der Waals surface area contributed by atoms with Crippen LogP contribution in [0.3, 0.4) is 0 Å². The van der Waals surface area contributed by atoms with Crippen molar-refractivity contribution in [1.29, 1.82) is 5.26 Å². The van der Waals surface area contributed by atoms with Gasteiger partial charge < -0.3 is 9.64 Å². The van der Waals surface area contributed by atoms with Gasteiger partial charge in [0, 0.05) is 28.4 Å². The number of piperidine rings is 1. The first-order chi connectivity index (χ1) is 16.1. The minimum Gasteiger partial charge on any atom is -0.448 e. The van der Waals surface area contributed by atoms with Crippen LogP contribution in [0.4, 0.5) is 0 Å². The number of esters is 1. The van der Waals surface area contributed by atoms with Crippen molar-refractivity contribution in [2.75, 3.05) is 0 Å². The molecule has 4 atom stereocenters. The van der Waals surface area contributed by atoms with E-state index in [0.29, 0.717) is 29.3 Å². The number of carbonyl (C=O) groups is 2. The first-order valence-corrected chi connectivity index (χ1v) is 12.3. The Labute approximate surface area is 210 Å². The zero-order valence-corrected chi connectivity index (χ0v) is 21.1. The molecule has 1 spiro atoms. The van der Waals surface area contributed by atoms with E-state index >= 15 is 0 Å². The molecule has 4 unspecified atom stereocenters. The number of hydrogen-bond donors (Lipinski definition) is 0. The molecule has 0 saturated carbocycles. The van der Waals surface area contributed by atoms with E-state index in [2.05, 4.69) is 6.07 Å². The molecule has 4 rings (SSSR count). The summed E-state index contributed by atoms with van der Waals surface area (Å²) in [7, 11) is 0. The Kier molecular flexibility index (Phi) is 6.68. The molecule has 178 valence electrons. The zero-order valence-electron chi connectivity index (χ0n) is 19.6. The molecule has 34 heavy (non-hydrogen) atoms. The van der Waals surface area contributed by atoms with Crippen LogP contribution in [0.2, 0.25) is 10.0 Å². The maximum atomic E-state index is 14.1. The minimum atomic E-state index is -1.18. The van der Waals surface area contributed by atoms with E-state index in [1.54, 1.807) is 0 Å². The van der Waals surface area contributed by atoms with Crippen LogP contribution in [0.15, 0.2) is 48.5 Å². The first-order valence-electron chi connectivity index (χ1n) is 11.6. The van der Waals surface area contributed by atoms with Crippen LogP contribution in [0.25, 0.3) is 0 Å². The van der Waals surface area contributed by atoms with Crippen molar-refractivity contribution >= 4 is 35.1 Å². The molecule has 2 saturated heterocycles. The molecule has 0 N–H and O–H groups in total. The minimum absolute atomic E-state index is 0.0603. The van der Waals surface area contributed by atoms with E-state index in [1.165, 1.54) is 0 Å². The normalized spacial score (nSPS) is 25.5. The summed E-state index contributed by atoms with van der Waals surface area (Å²) in [6.07, 6.45) is 1.60. The van der Waals surface area contributed by atoms with Gasteiger partial charge in [-0.25, -0.2) is 0 Å². The average Bonchev–Trinajstić information content (AvgIpc) is 2.78. The van der Waals surface area contributed by atoms with Crippen molar-refractivity contribution in [3.05, 3.63) is 69.7 Å². The largest absolute Gasteiger partial charge is 0.448 e. The number of likely N-dealkylation sites (tertiary alicyclic amines) is 1. The molecule has 0 aromatic heterocycles. The van der Waals surface area contributed by atoms with E-state index in [4.69, 9.17) is 27.9 Å². The van der Waals surface area contributed by atoms with Crippen LogP contribution >= 0.6 is 23.2 Å². The summed E-state index contributed by atoms with van der Waals surface area (Å²) < 4.78 is 5.60. The van der Waals surface area contributed by atoms with Gasteiger partial charge in [0.05, 0.1) is 23.9 Å². The Morgan fingerprint density at radius 2 is 1.82 bits per heavy atom. The number of halogens is 2. The summed E-state index contributed by atoms with van der Waals surface area (Å²) in [5.74, 6) is -0.718. The van der Waals surface area contributed by atoms with Gasteiger partial charge in [0.25, 0.3) is 5.91 Å². The van der Waals surface area contributed by atoms with E-state index in [1.807, 2.05) is 74.2 Å². The fourth-order valence-electron chi connectivity index (χ4n) is 5.34. The summed E-state index contributed by atoms with van der Waals surface area (Å²) in [4.78, 5) is 27.9. The van der Waals surface area contributed by atoms with Gasteiger partial charge in [-0.1, -0.05) is 54.4 Å². The molecular weight excluding hydrogens is 471 g/mol. The van der Waals surface area contributed by atoms with Gasteiger partial charge in [-0.2, -0.15) is 5.26 Å². The zero-order chi connectivity index (χ0) is 24.7. The van der Waals surface area contributed by atoms with Crippen molar-refractivity contribution in [3.8, 4) is 6.07 Å². The number of nitrogens with zero attached hydrogens (tertiary/aromatic N) is 2. The van der Waals surface area contributed by atoms with Crippen LogP contribution in [0, 0.1) is 16.7 Å². The number of nitriles is 1. The van der Waals surface area contributed by atoms with Crippen molar-refractivity contribution in [1.82, 2.24) is 4.90 Å². The molecule has 1 amide bonds. The fraction of sp³-hybridized carbons (Fsp3) is 0.444. The molecule has 0 bridgehead atoms. The van der Waals surface area contributed by atoms with Gasteiger partial charge in [0.2, 0.25) is 5.60 Å². The van der Waals surface area contributed by atoms with Crippen molar-refractivity contribution < 1.29 is 14.3 Å². The molecule has 5 nitrogen and oxygen atoms in total. The number of amides is 1. The molecule has 2 aromatic rings. The van der Waals surface area contributed by atoms with E-state index in [0.717, 1.165) is 11.1 Å². The second-order valence-corrected chi connectivity index (χ2v) is 10.9. The van der Waals surface area contributed by atoms with Gasteiger partial charge >= 0.3 is 5.97 Å². The second kappa shape index (κ2) is 9.24. The Morgan fingerprint density at radius 3 is 2.38 bits per heavy atom. The predicted molar refractivity (Wildman–Crippen MR) is 131 cm³/mol. The van der Waals surface area contributed by atoms with Crippen LogP contribution in [-0.2, 0) is 14.3 Å². The number of rotatable bonds is 6. The van der Waals surface area contributed by atoms with Gasteiger partial charge in [-0.15, -0.1) is 0 Å². The van der Waals surface area contributed by atoms with Crippen LogP contribution in [0.1, 0.15) is 69.5 Å². The van der Waals surface area contributed by atoms with Crippen molar-refractivity contribution in [3.63, 3.8) is 0 Å². The van der Waals surface area contributed by atoms with Gasteiger partial charge in [-0.05, 0) is 62.1 Å². The molecule has 2 aromatic carbocycles. The highest BCUT2D eigenvalue weighted by Gasteiger charge is 2.61. The monoisotopic (exact) mass is 498 g/mol. The van der Waals surface area contributed by atoms with E-state index < -0.39 is 11.0 Å². The Balaban J connectivity index is 1.89. The van der Waals surface area contributed by atoms with Crippen LogP contribution in [-0.4, -0.2) is 28.4 Å². The summed E-state index contributed by atoms with van der Waals surface area (Å²) in [5, 5.41) is 10.9. The third kappa shape index (κ3) is 4.54. The lowest BCUT2D eigenvalue weighted by molar-refractivity contribution is -0.213. The molecule has 2 aliphatic rings. The number of benzene rings is 2. The standard InChI is InChI=1S/C27H28Cl2N2O3/c1-4-21(13-26(2,3)16-30)31-24(17-8-10-19(28)11-9-17)22(18-6-5-7-20(29)12-18)14-27(25(31)33)15-23(32)34-27/h5-12,21-22,24H,4,13-15H2,1-3H3. The Morgan fingerprint density at radius 1 is 1.15 bits per heavy atom. The SMILES string of the molecule is CCC(CC(C)(C)C#N)N1C(=O)C2(CC(=O)O2)CC(c2cccc(Cl)c2)C1c1ccc(Cl)cc1. The van der Waals surface area contributed by atoms with E-state index in [9.17, 15) is 14.9 Å². The fourth-order valence-corrected chi connectivity index (χ4v) is 5.67. The maximum Gasteiger partial charge on any atom is 0.311 e. The smallest absolute Gasteiger partial charge is 0.311 e. The summed E-state index contributed by atoms with van der Waals surface area (Å²) >= 11 is 12.5. The molecule has 2 heterocycles. The molecule has 0 aliphatic carbocycles. The van der Waals surface area contributed by atoms with Gasteiger partial charge in [0.1, 0.15) is 0 Å². The van der Waals surface area contributed by atoms with E-state index in [-0.39, 0.29) is 36.3 Å². The maximum absolute atomic E-state index is 14.1. The molecular formula is C27H28Cl2N2O3. The third-order valence-corrected chi connectivity index (χ3v) is 7.48. The number of hydrogen-bond acceptors (Lipinski definition) is 4. The number of carbonyl (C=O) groups excluding carboxylic acids is 2. The Bertz CT molecular complexity index is 1130. The lowest BCUT2D eigenvalue weighted by Crippen LogP contribution is -2.66. The predicted octanol–water partition coefficient (Wildman–Crippen LogP) is 6.45. The lowest BCUT2D eigenvalue weighted by Gasteiger charge is -2.55. The quantitative estimate of drug-likeness (QED) is 0.428. The molecule has 2 fully saturated rings. The molecule has 7 heteroatoms. The lowest BCUT2D eigenvalue weighted by atomic mass is 9.69. The van der Waals surface area contributed by atoms with Gasteiger partial charge in [0.15, 0.2) is 0 Å². The second-order valence-electron chi connectivity index (χ2n) is 9.98. The summed E-state index contributed by atoms with van der Waals surface area (Å²) in [6.45, 7) is 5.79. The third-order valence-electron chi connectivity index (χ3n) is 7.00. The summed E-state index contributed by atoms with van der Waals surface area (Å²) in [5.41, 5.74) is 0.105. The highest BCUT2D eigenvalue weighted by molar-refractivity contribution is 6.30. The van der Waals surface area contributed by atoms with Crippen molar-refractivity contribution in [2.45, 2.75) is 70.1 Å². The van der Waals surface area contributed by atoms with Crippen LogP contribution in [0.5, 0.6) is 0 Å².